The highest BCUT2D eigenvalue weighted by atomic mass is 79.9. The third kappa shape index (κ3) is 2.84. The van der Waals surface area contributed by atoms with Crippen LogP contribution >= 0.6 is 27.5 Å². The van der Waals surface area contributed by atoms with E-state index in [2.05, 4.69) is 34.2 Å². The molecule has 0 heterocycles. The van der Waals surface area contributed by atoms with Gasteiger partial charge in [-0.3, -0.25) is 0 Å². The lowest BCUT2D eigenvalue weighted by Gasteiger charge is -2.43. The Labute approximate surface area is 122 Å². The van der Waals surface area contributed by atoms with Crippen LogP contribution in [0.25, 0.3) is 0 Å². The van der Waals surface area contributed by atoms with Crippen LogP contribution < -0.4 is 11.1 Å². The second-order valence-electron chi connectivity index (χ2n) is 5.26. The number of halogens is 2. The van der Waals surface area contributed by atoms with E-state index in [1.54, 1.807) is 0 Å². The summed E-state index contributed by atoms with van der Waals surface area (Å²) < 4.78 is 0.924. The van der Waals surface area contributed by atoms with Crippen LogP contribution in [0.3, 0.4) is 0 Å². The highest BCUT2D eigenvalue weighted by Gasteiger charge is 2.36. The van der Waals surface area contributed by atoms with E-state index >= 15 is 0 Å². The molecule has 2 nitrogen and oxygen atoms in total. The highest BCUT2D eigenvalue weighted by molar-refractivity contribution is 9.10. The van der Waals surface area contributed by atoms with Gasteiger partial charge in [-0.1, -0.05) is 31.4 Å². The molecule has 100 valence electrons. The van der Waals surface area contributed by atoms with Crippen molar-refractivity contribution in [1.82, 2.24) is 0 Å². The number of hydrogen-bond acceptors (Lipinski definition) is 2. The van der Waals surface area contributed by atoms with Crippen LogP contribution in [0.15, 0.2) is 22.7 Å². The number of nitrogens with two attached hydrogens (primary N) is 1. The average Bonchev–Trinajstić information content (AvgIpc) is 2.37. The first-order valence-electron chi connectivity index (χ1n) is 6.51. The summed E-state index contributed by atoms with van der Waals surface area (Å²) in [6.45, 7) is 2.96. The highest BCUT2D eigenvalue weighted by Crippen LogP contribution is 2.36. The molecule has 18 heavy (non-hydrogen) atoms. The van der Waals surface area contributed by atoms with E-state index in [1.165, 1.54) is 19.3 Å². The zero-order chi connectivity index (χ0) is 13.2. The fraction of sp³-hybridized carbons (Fsp3) is 0.571. The largest absolute Gasteiger partial charge is 0.378 e. The first kappa shape index (κ1) is 14.2. The lowest BCUT2D eigenvalue weighted by Crippen LogP contribution is -2.52. The summed E-state index contributed by atoms with van der Waals surface area (Å²) in [6.07, 6.45) is 4.94. The predicted molar refractivity (Wildman–Crippen MR) is 82.2 cm³/mol. The first-order chi connectivity index (χ1) is 8.57. The fourth-order valence-corrected chi connectivity index (χ4v) is 3.24. The summed E-state index contributed by atoms with van der Waals surface area (Å²) in [6, 6.07) is 5.99. The van der Waals surface area contributed by atoms with Gasteiger partial charge in [-0.15, -0.1) is 0 Å². The van der Waals surface area contributed by atoms with Crippen LogP contribution in [0.4, 0.5) is 5.69 Å². The third-order valence-electron chi connectivity index (χ3n) is 4.13. The van der Waals surface area contributed by atoms with E-state index in [1.807, 2.05) is 12.1 Å². The molecule has 0 saturated heterocycles. The zero-order valence-corrected chi connectivity index (χ0v) is 13.0. The monoisotopic (exact) mass is 330 g/mol. The zero-order valence-electron chi connectivity index (χ0n) is 10.7. The molecule has 1 fully saturated rings. The summed E-state index contributed by atoms with van der Waals surface area (Å²) in [5.74, 6) is 0.596. The van der Waals surface area contributed by atoms with Crippen molar-refractivity contribution in [2.24, 2.45) is 11.7 Å². The third-order valence-corrected chi connectivity index (χ3v) is 5.36. The molecule has 2 rings (SSSR count). The Morgan fingerprint density at radius 2 is 2.28 bits per heavy atom. The molecule has 0 aliphatic heterocycles. The van der Waals surface area contributed by atoms with Crippen molar-refractivity contribution >= 4 is 33.2 Å². The Balaban J connectivity index is 2.21. The normalized spacial score (nSPS) is 28.1. The van der Waals surface area contributed by atoms with Crippen LogP contribution in [-0.4, -0.2) is 12.1 Å². The van der Waals surface area contributed by atoms with Gasteiger partial charge in [-0.05, 0) is 52.9 Å². The van der Waals surface area contributed by atoms with Crippen molar-refractivity contribution in [3.05, 3.63) is 27.7 Å². The van der Waals surface area contributed by atoms with E-state index in [-0.39, 0.29) is 5.54 Å². The minimum atomic E-state index is 0.0232. The van der Waals surface area contributed by atoms with Gasteiger partial charge in [-0.25, -0.2) is 0 Å². The molecule has 0 spiro atoms. The summed E-state index contributed by atoms with van der Waals surface area (Å²) >= 11 is 9.55. The molecule has 0 aromatic heterocycles. The first-order valence-corrected chi connectivity index (χ1v) is 7.68. The number of anilines is 1. The second-order valence-corrected chi connectivity index (χ2v) is 6.52. The molecule has 2 unspecified atom stereocenters. The van der Waals surface area contributed by atoms with Crippen LogP contribution in [0.5, 0.6) is 0 Å². The average molecular weight is 332 g/mol. The van der Waals surface area contributed by atoms with Crippen molar-refractivity contribution < 1.29 is 0 Å². The topological polar surface area (TPSA) is 38.0 Å². The minimum Gasteiger partial charge on any atom is -0.378 e. The van der Waals surface area contributed by atoms with E-state index in [0.29, 0.717) is 12.5 Å². The Morgan fingerprint density at radius 1 is 1.50 bits per heavy atom. The van der Waals surface area contributed by atoms with Crippen molar-refractivity contribution in [1.29, 1.82) is 0 Å². The SMILES string of the molecule is CC1CCCCC1(CN)Nc1ccc(Br)c(Cl)c1. The van der Waals surface area contributed by atoms with Crippen LogP contribution in [0.2, 0.25) is 5.02 Å². The van der Waals surface area contributed by atoms with Gasteiger partial charge in [0.2, 0.25) is 0 Å². The molecule has 1 aliphatic rings. The Morgan fingerprint density at radius 3 is 2.89 bits per heavy atom. The van der Waals surface area contributed by atoms with Gasteiger partial charge >= 0.3 is 0 Å². The molecule has 1 aromatic rings. The van der Waals surface area contributed by atoms with Gasteiger partial charge in [0.05, 0.1) is 10.6 Å². The number of rotatable bonds is 3. The van der Waals surface area contributed by atoms with E-state index in [4.69, 9.17) is 17.3 Å². The Bertz CT molecular complexity index is 424. The maximum atomic E-state index is 6.14. The van der Waals surface area contributed by atoms with Crippen molar-refractivity contribution in [2.75, 3.05) is 11.9 Å². The minimum absolute atomic E-state index is 0.0232. The Kier molecular flexibility index (Phi) is 4.57. The summed E-state index contributed by atoms with van der Waals surface area (Å²) in [4.78, 5) is 0. The standard InChI is InChI=1S/C14H20BrClN2/c1-10-4-2-3-7-14(10,9-17)18-11-5-6-12(15)13(16)8-11/h5-6,8,10,18H,2-4,7,9,17H2,1H3. The number of benzene rings is 1. The predicted octanol–water partition coefficient (Wildman–Crippen LogP) is 4.42. The van der Waals surface area contributed by atoms with Gasteiger partial charge < -0.3 is 11.1 Å². The molecule has 1 saturated carbocycles. The molecule has 1 aliphatic carbocycles. The number of nitrogens with one attached hydrogen (secondary N) is 1. The molecule has 2 atom stereocenters. The summed E-state index contributed by atoms with van der Waals surface area (Å²) in [5, 5.41) is 4.36. The molecule has 1 aromatic carbocycles. The molecule has 0 bridgehead atoms. The molecule has 4 heteroatoms. The molecule has 3 N–H and O–H groups in total. The molecule has 0 amide bonds. The van der Waals surface area contributed by atoms with E-state index in [9.17, 15) is 0 Å². The van der Waals surface area contributed by atoms with Crippen molar-refractivity contribution in [3.63, 3.8) is 0 Å². The maximum Gasteiger partial charge on any atom is 0.0568 e. The van der Waals surface area contributed by atoms with Gasteiger partial charge in [0.1, 0.15) is 0 Å². The summed E-state index contributed by atoms with van der Waals surface area (Å²) in [7, 11) is 0. The van der Waals surface area contributed by atoms with Crippen LogP contribution in [0, 0.1) is 5.92 Å². The Hall–Kier alpha value is -0.250. The van der Waals surface area contributed by atoms with Gasteiger partial charge in [0.15, 0.2) is 0 Å². The molecular weight excluding hydrogens is 312 g/mol. The lowest BCUT2D eigenvalue weighted by atomic mass is 9.73. The summed E-state index contributed by atoms with van der Waals surface area (Å²) in [5.41, 5.74) is 7.12. The van der Waals surface area contributed by atoms with E-state index < -0.39 is 0 Å². The van der Waals surface area contributed by atoms with Gasteiger partial charge in [0, 0.05) is 16.7 Å². The lowest BCUT2D eigenvalue weighted by molar-refractivity contribution is 0.235. The molecule has 0 radical (unpaired) electrons. The molecular formula is C14H20BrClN2. The van der Waals surface area contributed by atoms with Gasteiger partial charge in [0.25, 0.3) is 0 Å². The van der Waals surface area contributed by atoms with Gasteiger partial charge in [-0.2, -0.15) is 0 Å². The van der Waals surface area contributed by atoms with Crippen LogP contribution in [-0.2, 0) is 0 Å². The van der Waals surface area contributed by atoms with Crippen molar-refractivity contribution in [2.45, 2.75) is 38.1 Å². The fourth-order valence-electron chi connectivity index (χ4n) is 2.81. The quantitative estimate of drug-likeness (QED) is 0.860. The maximum absolute atomic E-state index is 6.14. The van der Waals surface area contributed by atoms with Crippen LogP contribution in [0.1, 0.15) is 32.6 Å². The van der Waals surface area contributed by atoms with Crippen molar-refractivity contribution in [3.8, 4) is 0 Å². The number of hydrogen-bond donors (Lipinski definition) is 2. The van der Waals surface area contributed by atoms with E-state index in [0.717, 1.165) is 21.6 Å². The second kappa shape index (κ2) is 5.81. The smallest absolute Gasteiger partial charge is 0.0568 e.